The zero-order chi connectivity index (χ0) is 48.3. The molecule has 13 aromatic rings. The van der Waals surface area contributed by atoms with Crippen LogP contribution in [0.1, 0.15) is 0 Å². The van der Waals surface area contributed by atoms with Gasteiger partial charge in [0.15, 0.2) is 17.5 Å². The van der Waals surface area contributed by atoms with Crippen LogP contribution in [0.3, 0.4) is 0 Å². The first-order valence-electron chi connectivity index (χ1n) is 23.2. The zero-order valence-electron chi connectivity index (χ0n) is 37.9. The van der Waals surface area contributed by atoms with Crippen LogP contribution in [0, 0.1) is 17.5 Å². The molecule has 342 valence electrons. The number of imidazole rings is 3. The van der Waals surface area contributed by atoms with Crippen molar-refractivity contribution in [2.45, 2.75) is 0 Å². The number of fused-ring (bicyclic) bond motifs is 3. The highest BCUT2D eigenvalue weighted by atomic mass is 19.1. The monoisotopic (exact) mass is 939 g/mol. The Labute approximate surface area is 409 Å². The maximum absolute atomic E-state index is 15.6. The summed E-state index contributed by atoms with van der Waals surface area (Å²) in [6.07, 6.45) is 0. The van der Waals surface area contributed by atoms with Gasteiger partial charge in [-0.3, -0.25) is 13.7 Å². The lowest BCUT2D eigenvalue weighted by Crippen LogP contribution is -2.04. The topological polar surface area (TPSA) is 92.1 Å². The summed E-state index contributed by atoms with van der Waals surface area (Å²) >= 11 is 0. The predicted molar refractivity (Wildman–Crippen MR) is 276 cm³/mol. The van der Waals surface area contributed by atoms with Gasteiger partial charge in [-0.05, 0) is 109 Å². The number of hydrogen-bond acceptors (Lipinski definition) is 6. The van der Waals surface area contributed by atoms with Gasteiger partial charge in [-0.2, -0.15) is 0 Å². The van der Waals surface area contributed by atoms with Gasteiger partial charge < -0.3 is 0 Å². The van der Waals surface area contributed by atoms with Gasteiger partial charge in [0.25, 0.3) is 0 Å². The highest BCUT2D eigenvalue weighted by Crippen LogP contribution is 2.36. The number of para-hydroxylation sites is 6. The summed E-state index contributed by atoms with van der Waals surface area (Å²) in [5.74, 6) is 1.25. The maximum atomic E-state index is 15.6. The highest BCUT2D eigenvalue weighted by Gasteiger charge is 2.23. The molecule has 0 fully saturated rings. The van der Waals surface area contributed by atoms with E-state index in [0.29, 0.717) is 102 Å². The van der Waals surface area contributed by atoms with Gasteiger partial charge >= 0.3 is 0 Å². The molecular weight excluding hydrogens is 904 g/mol. The smallest absolute Gasteiger partial charge is 0.164 e. The van der Waals surface area contributed by atoms with Gasteiger partial charge in [0.05, 0.1) is 49.8 Å². The molecule has 9 nitrogen and oxygen atoms in total. The molecule has 0 aliphatic carbocycles. The Balaban J connectivity index is 1.01. The number of nitrogens with zero attached hydrogens (tertiary/aromatic N) is 9. The van der Waals surface area contributed by atoms with Crippen LogP contribution in [0.15, 0.2) is 218 Å². The van der Waals surface area contributed by atoms with Gasteiger partial charge in [-0.1, -0.05) is 109 Å². The first-order valence-corrected chi connectivity index (χ1v) is 23.2. The molecule has 0 N–H and O–H groups in total. The standard InChI is InChI=1S/C60H36F3N9/c61-46-25-4-1-22-43(46)58-64-49-28-7-10-31-52(49)70(58)40-19-13-16-37(34-40)55-67-56(38-17-14-20-41(35-38)71-53-32-11-8-29-50(53)65-59(71)44-23-2-5-26-47(44)62)69-57(68-55)39-18-15-21-42(36-39)72-54-33-12-9-30-51(54)66-60(72)45-24-3-6-27-48(45)63/h1-36H. The van der Waals surface area contributed by atoms with Crippen molar-refractivity contribution in [2.75, 3.05) is 0 Å². The Hall–Kier alpha value is -9.81. The van der Waals surface area contributed by atoms with Gasteiger partial charge in [-0.25, -0.2) is 43.1 Å². The molecular formula is C60H36F3N9. The van der Waals surface area contributed by atoms with Crippen LogP contribution in [0.5, 0.6) is 0 Å². The van der Waals surface area contributed by atoms with E-state index in [9.17, 15) is 0 Å². The minimum absolute atomic E-state index is 0.358. The van der Waals surface area contributed by atoms with Gasteiger partial charge in [0.2, 0.25) is 0 Å². The lowest BCUT2D eigenvalue weighted by atomic mass is 10.1. The molecule has 0 saturated heterocycles. The lowest BCUT2D eigenvalue weighted by molar-refractivity contribution is 0.629. The van der Waals surface area contributed by atoms with Crippen LogP contribution < -0.4 is 0 Å². The van der Waals surface area contributed by atoms with E-state index in [1.165, 1.54) is 18.2 Å². The largest absolute Gasteiger partial charge is 0.292 e. The summed E-state index contributed by atoms with van der Waals surface area (Å²) in [5.41, 5.74) is 9.70. The summed E-state index contributed by atoms with van der Waals surface area (Å²) in [6.45, 7) is 0. The normalized spacial score (nSPS) is 11.5. The molecule has 0 spiro atoms. The summed E-state index contributed by atoms with van der Waals surface area (Å²) in [6, 6.07) is 66.2. The average molecular weight is 940 g/mol. The van der Waals surface area contributed by atoms with Gasteiger partial charge in [-0.15, -0.1) is 0 Å². The maximum Gasteiger partial charge on any atom is 0.164 e. The molecule has 0 amide bonds. The second kappa shape index (κ2) is 17.3. The molecule has 9 aromatic carbocycles. The van der Waals surface area contributed by atoms with Crippen molar-refractivity contribution in [1.82, 2.24) is 43.6 Å². The van der Waals surface area contributed by atoms with Crippen molar-refractivity contribution in [3.63, 3.8) is 0 Å². The summed E-state index contributed by atoms with van der Waals surface area (Å²) in [7, 11) is 0. The summed E-state index contributed by atoms with van der Waals surface area (Å²) in [5, 5.41) is 0. The molecule has 0 atom stereocenters. The third-order valence-electron chi connectivity index (χ3n) is 12.7. The predicted octanol–water partition coefficient (Wildman–Crippen LogP) is 14.3. The molecule has 12 heteroatoms. The molecule has 0 radical (unpaired) electrons. The van der Waals surface area contributed by atoms with E-state index in [-0.39, 0.29) is 0 Å². The molecule has 0 unspecified atom stereocenters. The summed E-state index contributed by atoms with van der Waals surface area (Å²) in [4.78, 5) is 30.3. The number of aromatic nitrogens is 9. The minimum atomic E-state index is -0.393. The number of benzene rings is 9. The van der Waals surface area contributed by atoms with E-state index in [2.05, 4.69) is 0 Å². The Morgan fingerprint density at radius 2 is 0.542 bits per heavy atom. The third-order valence-corrected chi connectivity index (χ3v) is 12.7. The van der Waals surface area contributed by atoms with Crippen LogP contribution in [0.25, 0.3) is 118 Å². The number of halogens is 3. The van der Waals surface area contributed by atoms with Crippen LogP contribution >= 0.6 is 0 Å². The molecule has 0 aliphatic rings. The SMILES string of the molecule is Fc1ccccc1-c1nc2ccccc2n1-c1cccc(-c2nc(-c3cccc(-n4c(-c5ccccc5F)nc5ccccc54)c3)nc(-c3cccc(-n4c(-c5ccccc5F)nc5ccccc54)c3)n2)c1. The molecule has 0 aliphatic heterocycles. The molecule has 4 heterocycles. The minimum Gasteiger partial charge on any atom is -0.292 e. The van der Waals surface area contributed by atoms with Crippen molar-refractivity contribution in [3.8, 4) is 85.4 Å². The van der Waals surface area contributed by atoms with E-state index in [0.717, 1.165) is 16.6 Å². The van der Waals surface area contributed by atoms with Crippen LogP contribution in [0.4, 0.5) is 13.2 Å². The van der Waals surface area contributed by atoms with Crippen LogP contribution in [-0.2, 0) is 0 Å². The molecule has 4 aromatic heterocycles. The van der Waals surface area contributed by atoms with E-state index in [1.807, 2.05) is 159 Å². The Morgan fingerprint density at radius 1 is 0.264 bits per heavy atom. The van der Waals surface area contributed by atoms with Crippen molar-refractivity contribution < 1.29 is 13.2 Å². The van der Waals surface area contributed by atoms with Crippen LogP contribution in [0.2, 0.25) is 0 Å². The molecule has 72 heavy (non-hydrogen) atoms. The summed E-state index contributed by atoms with van der Waals surface area (Å²) < 4.78 is 52.6. The van der Waals surface area contributed by atoms with E-state index < -0.39 is 17.5 Å². The molecule has 13 rings (SSSR count). The highest BCUT2D eigenvalue weighted by molar-refractivity contribution is 5.87. The quantitative estimate of drug-likeness (QED) is 0.143. The first kappa shape index (κ1) is 42.3. The van der Waals surface area contributed by atoms with Crippen molar-refractivity contribution in [3.05, 3.63) is 236 Å². The second-order valence-electron chi connectivity index (χ2n) is 17.2. The van der Waals surface area contributed by atoms with E-state index >= 15 is 13.2 Å². The second-order valence-corrected chi connectivity index (χ2v) is 17.2. The van der Waals surface area contributed by atoms with E-state index in [1.54, 1.807) is 54.6 Å². The van der Waals surface area contributed by atoms with Crippen molar-refractivity contribution in [2.24, 2.45) is 0 Å². The average Bonchev–Trinajstić information content (AvgIpc) is 4.13. The Kier molecular flexibility index (Phi) is 10.2. The fraction of sp³-hybridized carbons (Fsp3) is 0. The lowest BCUT2D eigenvalue weighted by Gasteiger charge is -2.14. The molecule has 0 saturated carbocycles. The number of rotatable bonds is 9. The van der Waals surface area contributed by atoms with Crippen molar-refractivity contribution in [1.29, 1.82) is 0 Å². The Bertz CT molecular complexity index is 3810. The fourth-order valence-corrected chi connectivity index (χ4v) is 9.45. The van der Waals surface area contributed by atoms with Crippen LogP contribution in [-0.4, -0.2) is 43.6 Å². The number of hydrogen-bond donors (Lipinski definition) is 0. The third kappa shape index (κ3) is 7.28. The zero-order valence-corrected chi connectivity index (χ0v) is 37.9. The first-order chi connectivity index (χ1) is 35.4. The van der Waals surface area contributed by atoms with E-state index in [4.69, 9.17) is 29.9 Å². The van der Waals surface area contributed by atoms with Crippen molar-refractivity contribution >= 4 is 33.1 Å². The van der Waals surface area contributed by atoms with Gasteiger partial charge in [0, 0.05) is 33.8 Å². The Morgan fingerprint density at radius 3 is 0.847 bits per heavy atom. The van der Waals surface area contributed by atoms with Gasteiger partial charge in [0.1, 0.15) is 34.9 Å². The fourth-order valence-electron chi connectivity index (χ4n) is 9.45. The molecule has 0 bridgehead atoms.